The van der Waals surface area contributed by atoms with Crippen LogP contribution in [0.3, 0.4) is 0 Å². The first-order valence-corrected chi connectivity index (χ1v) is 4.82. The van der Waals surface area contributed by atoms with E-state index in [-0.39, 0.29) is 0 Å². The van der Waals surface area contributed by atoms with Crippen molar-refractivity contribution < 1.29 is 9.90 Å². The van der Waals surface area contributed by atoms with Crippen molar-refractivity contribution >= 4 is 11.7 Å². The number of benzene rings is 1. The quantitative estimate of drug-likeness (QED) is 0.747. The molecule has 0 fully saturated rings. The van der Waals surface area contributed by atoms with Gasteiger partial charge >= 0.3 is 5.97 Å². The minimum atomic E-state index is -0.778. The molecule has 0 saturated heterocycles. The Bertz CT molecular complexity index is 374. The van der Waals surface area contributed by atoms with E-state index >= 15 is 0 Å². The molecule has 1 aliphatic rings. The lowest BCUT2D eigenvalue weighted by molar-refractivity contribution is -0.137. The van der Waals surface area contributed by atoms with E-state index in [4.69, 9.17) is 5.11 Å². The first kappa shape index (κ1) is 9.06. The van der Waals surface area contributed by atoms with Crippen LogP contribution in [0.5, 0.6) is 0 Å². The fraction of sp³-hybridized carbons (Fsp3) is 0.364. The minimum absolute atomic E-state index is 0.447. The third-order valence-electron chi connectivity index (χ3n) is 2.63. The van der Waals surface area contributed by atoms with Crippen molar-refractivity contribution in [2.45, 2.75) is 25.8 Å². The van der Waals surface area contributed by atoms with Gasteiger partial charge in [0.2, 0.25) is 0 Å². The second kappa shape index (κ2) is 3.33. The van der Waals surface area contributed by atoms with Crippen LogP contribution in [0, 0.1) is 0 Å². The number of hydrogen-bond acceptors (Lipinski definition) is 2. The van der Waals surface area contributed by atoms with Gasteiger partial charge in [0.05, 0.1) is 0 Å². The zero-order chi connectivity index (χ0) is 10.1. The molecule has 1 aromatic carbocycles. The zero-order valence-corrected chi connectivity index (χ0v) is 8.08. The zero-order valence-electron chi connectivity index (χ0n) is 8.08. The number of nitrogens with one attached hydrogen (secondary N) is 1. The molecule has 0 unspecified atom stereocenters. The van der Waals surface area contributed by atoms with Gasteiger partial charge in [0, 0.05) is 12.1 Å². The number of carbonyl (C=O) groups is 1. The van der Waals surface area contributed by atoms with Gasteiger partial charge in [0.15, 0.2) is 0 Å². The summed E-state index contributed by atoms with van der Waals surface area (Å²) in [6.45, 7) is 2.09. The van der Waals surface area contributed by atoms with E-state index in [1.165, 1.54) is 5.56 Å². The first-order valence-electron chi connectivity index (χ1n) is 4.82. The van der Waals surface area contributed by atoms with Crippen LogP contribution in [0.15, 0.2) is 18.2 Å². The normalized spacial score (nSPS) is 18.8. The van der Waals surface area contributed by atoms with Crippen LogP contribution in [-0.4, -0.2) is 17.1 Å². The molecule has 1 aromatic rings. The van der Waals surface area contributed by atoms with E-state index in [1.54, 1.807) is 0 Å². The van der Waals surface area contributed by atoms with Crippen molar-refractivity contribution in [3.63, 3.8) is 0 Å². The summed E-state index contributed by atoms with van der Waals surface area (Å²) in [7, 11) is 0. The summed E-state index contributed by atoms with van der Waals surface area (Å²) in [6, 6.07) is 5.67. The second-order valence-corrected chi connectivity index (χ2v) is 3.58. The van der Waals surface area contributed by atoms with Gasteiger partial charge in [-0.3, -0.25) is 0 Å². The highest BCUT2D eigenvalue weighted by Crippen LogP contribution is 2.27. The molecule has 0 aromatic heterocycles. The Morgan fingerprint density at radius 2 is 2.43 bits per heavy atom. The van der Waals surface area contributed by atoms with Crippen LogP contribution >= 0.6 is 0 Å². The average Bonchev–Trinajstić information content (AvgIpc) is 2.59. The van der Waals surface area contributed by atoms with Gasteiger partial charge in [0.1, 0.15) is 6.04 Å². The van der Waals surface area contributed by atoms with Crippen LogP contribution in [0.2, 0.25) is 0 Å². The maximum absolute atomic E-state index is 10.8. The van der Waals surface area contributed by atoms with Gasteiger partial charge in [0.25, 0.3) is 0 Å². The van der Waals surface area contributed by atoms with Gasteiger partial charge in [-0.05, 0) is 23.6 Å². The molecule has 3 heteroatoms. The summed E-state index contributed by atoms with van der Waals surface area (Å²) < 4.78 is 0. The molecule has 74 valence electrons. The van der Waals surface area contributed by atoms with Crippen molar-refractivity contribution in [2.24, 2.45) is 0 Å². The molecular formula is C11H13NO2. The Morgan fingerprint density at radius 3 is 3.07 bits per heavy atom. The van der Waals surface area contributed by atoms with E-state index in [0.717, 1.165) is 17.7 Å². The highest BCUT2D eigenvalue weighted by molar-refractivity contribution is 5.81. The maximum atomic E-state index is 10.8. The molecule has 0 amide bonds. The summed E-state index contributed by atoms with van der Waals surface area (Å²) in [6.07, 6.45) is 1.57. The Labute approximate surface area is 82.8 Å². The molecule has 0 bridgehead atoms. The minimum Gasteiger partial charge on any atom is -0.480 e. The highest BCUT2D eigenvalue weighted by atomic mass is 16.4. The summed E-state index contributed by atoms with van der Waals surface area (Å²) >= 11 is 0. The summed E-state index contributed by atoms with van der Waals surface area (Å²) in [5, 5.41) is 11.9. The third kappa shape index (κ3) is 1.45. The molecule has 0 saturated carbocycles. The van der Waals surface area contributed by atoms with Gasteiger partial charge in [-0.15, -0.1) is 0 Å². The highest BCUT2D eigenvalue weighted by Gasteiger charge is 2.25. The topological polar surface area (TPSA) is 49.3 Å². The van der Waals surface area contributed by atoms with E-state index in [1.807, 2.05) is 12.1 Å². The van der Waals surface area contributed by atoms with Crippen molar-refractivity contribution in [3.8, 4) is 0 Å². The monoisotopic (exact) mass is 191 g/mol. The van der Waals surface area contributed by atoms with E-state index in [2.05, 4.69) is 18.3 Å². The predicted octanol–water partition coefficient (Wildman–Crippen LogP) is 1.67. The molecule has 0 radical (unpaired) electrons. The van der Waals surface area contributed by atoms with Crippen LogP contribution in [0.1, 0.15) is 18.1 Å². The molecule has 0 spiro atoms. The van der Waals surface area contributed by atoms with Crippen molar-refractivity contribution in [2.75, 3.05) is 5.32 Å². The second-order valence-electron chi connectivity index (χ2n) is 3.58. The van der Waals surface area contributed by atoms with Crippen LogP contribution in [0.25, 0.3) is 0 Å². The van der Waals surface area contributed by atoms with Crippen LogP contribution in [-0.2, 0) is 17.6 Å². The number of fused-ring (bicyclic) bond motifs is 1. The SMILES string of the molecule is CCc1ccc2c(c1)N[C@H](C(=O)O)C2. The van der Waals surface area contributed by atoms with Crippen LogP contribution < -0.4 is 5.32 Å². The number of carboxylic acids is 1. The van der Waals surface area contributed by atoms with Crippen molar-refractivity contribution in [1.82, 2.24) is 0 Å². The number of aliphatic carboxylic acids is 1. The standard InChI is InChI=1S/C11H13NO2/c1-2-7-3-4-8-6-10(11(13)14)12-9(8)5-7/h3-5,10,12H,2,6H2,1H3,(H,13,14)/t10-/m0/s1. The number of rotatable bonds is 2. The van der Waals surface area contributed by atoms with E-state index in [0.29, 0.717) is 6.42 Å². The lowest BCUT2D eigenvalue weighted by Crippen LogP contribution is -2.26. The number of hydrogen-bond donors (Lipinski definition) is 2. The number of anilines is 1. The summed E-state index contributed by atoms with van der Waals surface area (Å²) in [5.41, 5.74) is 3.33. The number of aryl methyl sites for hydroxylation is 1. The molecule has 1 aliphatic heterocycles. The Hall–Kier alpha value is -1.51. The first-order chi connectivity index (χ1) is 6.70. The lowest BCUT2D eigenvalue weighted by atomic mass is 10.1. The largest absolute Gasteiger partial charge is 0.480 e. The Balaban J connectivity index is 2.27. The van der Waals surface area contributed by atoms with Crippen LogP contribution in [0.4, 0.5) is 5.69 Å². The molecule has 1 heterocycles. The molecule has 3 nitrogen and oxygen atoms in total. The Morgan fingerprint density at radius 1 is 1.64 bits per heavy atom. The third-order valence-corrected chi connectivity index (χ3v) is 2.63. The molecular weight excluding hydrogens is 178 g/mol. The fourth-order valence-corrected chi connectivity index (χ4v) is 1.76. The summed E-state index contributed by atoms with van der Waals surface area (Å²) in [5.74, 6) is -0.778. The fourth-order valence-electron chi connectivity index (χ4n) is 1.76. The van der Waals surface area contributed by atoms with Gasteiger partial charge in [-0.25, -0.2) is 4.79 Å². The van der Waals surface area contributed by atoms with E-state index < -0.39 is 12.0 Å². The average molecular weight is 191 g/mol. The summed E-state index contributed by atoms with van der Waals surface area (Å²) in [4.78, 5) is 10.8. The molecule has 2 rings (SSSR count). The maximum Gasteiger partial charge on any atom is 0.326 e. The predicted molar refractivity (Wildman–Crippen MR) is 54.6 cm³/mol. The molecule has 1 atom stereocenters. The molecule has 0 aliphatic carbocycles. The van der Waals surface area contributed by atoms with Crippen molar-refractivity contribution in [3.05, 3.63) is 29.3 Å². The smallest absolute Gasteiger partial charge is 0.326 e. The van der Waals surface area contributed by atoms with Gasteiger partial charge < -0.3 is 10.4 Å². The molecule has 14 heavy (non-hydrogen) atoms. The van der Waals surface area contributed by atoms with Gasteiger partial charge in [-0.2, -0.15) is 0 Å². The van der Waals surface area contributed by atoms with E-state index in [9.17, 15) is 4.79 Å². The number of carboxylic acid groups (broad SMARTS) is 1. The van der Waals surface area contributed by atoms with Crippen molar-refractivity contribution in [1.29, 1.82) is 0 Å². The Kier molecular flexibility index (Phi) is 2.15. The van der Waals surface area contributed by atoms with Gasteiger partial charge in [-0.1, -0.05) is 19.1 Å². The lowest BCUT2D eigenvalue weighted by Gasteiger charge is -2.04. The molecule has 2 N–H and O–H groups in total.